The summed E-state index contributed by atoms with van der Waals surface area (Å²) in [7, 11) is 0. The molecule has 4 nitrogen and oxygen atoms in total. The Balaban J connectivity index is 1.53. The summed E-state index contributed by atoms with van der Waals surface area (Å²) in [5.41, 5.74) is 0.619. The Bertz CT molecular complexity index is 585. The molecule has 2 aliphatic rings. The number of nitrogens with one attached hydrogen (secondary N) is 1. The van der Waals surface area contributed by atoms with Crippen molar-refractivity contribution in [2.24, 2.45) is 11.3 Å². The van der Waals surface area contributed by atoms with Gasteiger partial charge in [0.25, 0.3) is 0 Å². The fraction of sp³-hybridized carbons (Fsp3) is 0.600. The number of piperidine rings is 1. The number of benzene rings is 1. The maximum atomic E-state index is 12.8. The average molecular weight is 328 g/mol. The van der Waals surface area contributed by atoms with Crippen molar-refractivity contribution in [3.8, 4) is 0 Å². The van der Waals surface area contributed by atoms with E-state index >= 15 is 0 Å². The van der Waals surface area contributed by atoms with Crippen LogP contribution in [-0.4, -0.2) is 35.8 Å². The van der Waals surface area contributed by atoms with Gasteiger partial charge in [0.1, 0.15) is 5.41 Å². The van der Waals surface area contributed by atoms with Gasteiger partial charge in [-0.2, -0.15) is 0 Å². The number of hydrogen-bond donors (Lipinski definition) is 1. The minimum Gasteiger partial charge on any atom is -0.353 e. The van der Waals surface area contributed by atoms with Gasteiger partial charge in [-0.1, -0.05) is 30.3 Å². The van der Waals surface area contributed by atoms with Gasteiger partial charge in [0.2, 0.25) is 11.8 Å². The highest BCUT2D eigenvalue weighted by molar-refractivity contribution is 6.07. The van der Waals surface area contributed by atoms with Crippen LogP contribution in [-0.2, 0) is 16.0 Å². The van der Waals surface area contributed by atoms with Crippen LogP contribution >= 0.6 is 0 Å². The minimum absolute atomic E-state index is 0.0545. The molecule has 1 N–H and O–H groups in total. The fourth-order valence-corrected chi connectivity index (χ4v) is 3.65. The van der Waals surface area contributed by atoms with Crippen LogP contribution in [0.5, 0.6) is 0 Å². The lowest BCUT2D eigenvalue weighted by atomic mass is 9.89. The zero-order chi connectivity index (χ0) is 17.2. The van der Waals surface area contributed by atoms with Gasteiger partial charge in [-0.05, 0) is 57.4 Å². The summed E-state index contributed by atoms with van der Waals surface area (Å²) in [6, 6.07) is 10.6. The number of amides is 2. The van der Waals surface area contributed by atoms with Crippen molar-refractivity contribution in [1.82, 2.24) is 10.2 Å². The molecule has 0 unspecified atom stereocenters. The number of hydrogen-bond acceptors (Lipinski definition) is 2. The maximum absolute atomic E-state index is 12.8. The van der Waals surface area contributed by atoms with Gasteiger partial charge in [0.15, 0.2) is 0 Å². The molecular weight excluding hydrogens is 300 g/mol. The summed E-state index contributed by atoms with van der Waals surface area (Å²) in [6.07, 6.45) is 4.55. The van der Waals surface area contributed by atoms with Crippen LogP contribution in [0.4, 0.5) is 0 Å². The molecule has 1 aromatic rings. The van der Waals surface area contributed by atoms with E-state index < -0.39 is 5.41 Å². The van der Waals surface area contributed by atoms with Crippen molar-refractivity contribution in [1.29, 1.82) is 0 Å². The van der Waals surface area contributed by atoms with Gasteiger partial charge in [-0.3, -0.25) is 9.59 Å². The van der Waals surface area contributed by atoms with Gasteiger partial charge < -0.3 is 10.2 Å². The molecule has 2 fully saturated rings. The standard InChI is InChI=1S/C20H28N2O2/c1-15(2)21-18(23)20(10-11-20)19(24)22-12-8-17(9-13-22)14-16-6-4-3-5-7-16/h3-7,15,17H,8-14H2,1-2H3,(H,21,23). The third kappa shape index (κ3) is 3.63. The highest BCUT2D eigenvalue weighted by Crippen LogP contribution is 2.48. The molecule has 130 valence electrons. The molecule has 1 aromatic carbocycles. The van der Waals surface area contributed by atoms with Crippen molar-refractivity contribution in [2.75, 3.05) is 13.1 Å². The van der Waals surface area contributed by atoms with Gasteiger partial charge in [-0.25, -0.2) is 0 Å². The molecule has 1 saturated carbocycles. The zero-order valence-electron chi connectivity index (χ0n) is 14.8. The lowest BCUT2D eigenvalue weighted by molar-refractivity contribution is -0.145. The number of carbonyl (C=O) groups is 2. The summed E-state index contributed by atoms with van der Waals surface area (Å²) in [6.45, 7) is 5.45. The first-order valence-corrected chi connectivity index (χ1v) is 9.15. The highest BCUT2D eigenvalue weighted by Gasteiger charge is 2.58. The molecule has 4 heteroatoms. The second-order valence-electron chi connectivity index (χ2n) is 7.64. The normalized spacial score (nSPS) is 20.0. The Labute approximate surface area is 144 Å². The van der Waals surface area contributed by atoms with E-state index in [-0.39, 0.29) is 17.9 Å². The molecule has 1 aliphatic carbocycles. The third-order valence-electron chi connectivity index (χ3n) is 5.28. The predicted octanol–water partition coefficient (Wildman–Crippen LogP) is 2.77. The number of carbonyl (C=O) groups excluding carboxylic acids is 2. The average Bonchev–Trinajstić information content (AvgIpc) is 3.37. The number of rotatable bonds is 5. The van der Waals surface area contributed by atoms with E-state index in [0.29, 0.717) is 18.8 Å². The molecular formula is C20H28N2O2. The molecule has 0 aromatic heterocycles. The minimum atomic E-state index is -0.753. The highest BCUT2D eigenvalue weighted by atomic mass is 16.2. The van der Waals surface area contributed by atoms with Crippen LogP contribution in [0.3, 0.4) is 0 Å². The maximum Gasteiger partial charge on any atom is 0.238 e. The molecule has 1 aliphatic heterocycles. The quantitative estimate of drug-likeness (QED) is 0.845. The molecule has 1 heterocycles. The van der Waals surface area contributed by atoms with Gasteiger partial charge in [0.05, 0.1) is 0 Å². The molecule has 2 amide bonds. The van der Waals surface area contributed by atoms with Gasteiger partial charge in [0, 0.05) is 19.1 Å². The van der Waals surface area contributed by atoms with E-state index in [9.17, 15) is 9.59 Å². The van der Waals surface area contributed by atoms with Crippen LogP contribution in [0.2, 0.25) is 0 Å². The van der Waals surface area contributed by atoms with E-state index in [2.05, 4.69) is 29.6 Å². The molecule has 1 saturated heterocycles. The first-order chi connectivity index (χ1) is 11.5. The Morgan fingerprint density at radius 3 is 2.33 bits per heavy atom. The fourth-order valence-electron chi connectivity index (χ4n) is 3.65. The van der Waals surface area contributed by atoms with Crippen molar-refractivity contribution >= 4 is 11.8 Å². The summed E-state index contributed by atoms with van der Waals surface area (Å²) in [4.78, 5) is 27.1. The Hall–Kier alpha value is -1.84. The number of likely N-dealkylation sites (tertiary alicyclic amines) is 1. The Morgan fingerprint density at radius 2 is 1.79 bits per heavy atom. The van der Waals surface area contributed by atoms with E-state index in [1.165, 1.54) is 5.56 Å². The summed E-state index contributed by atoms with van der Waals surface area (Å²) in [5.74, 6) is 0.615. The van der Waals surface area contributed by atoms with Gasteiger partial charge >= 0.3 is 0 Å². The summed E-state index contributed by atoms with van der Waals surface area (Å²) in [5, 5.41) is 2.92. The Kier molecular flexibility index (Phi) is 4.93. The third-order valence-corrected chi connectivity index (χ3v) is 5.28. The second kappa shape index (κ2) is 6.96. The SMILES string of the molecule is CC(C)NC(=O)C1(C(=O)N2CCC(Cc3ccccc3)CC2)CC1. The predicted molar refractivity (Wildman–Crippen MR) is 94.4 cm³/mol. The lowest BCUT2D eigenvalue weighted by Crippen LogP contribution is -2.49. The van der Waals surface area contributed by atoms with Crippen LogP contribution in [0.1, 0.15) is 45.1 Å². The molecule has 0 radical (unpaired) electrons. The van der Waals surface area contributed by atoms with E-state index in [4.69, 9.17) is 0 Å². The van der Waals surface area contributed by atoms with Crippen LogP contribution in [0.25, 0.3) is 0 Å². The van der Waals surface area contributed by atoms with Crippen LogP contribution < -0.4 is 5.32 Å². The number of nitrogens with zero attached hydrogens (tertiary/aromatic N) is 1. The lowest BCUT2D eigenvalue weighted by Gasteiger charge is -2.34. The van der Waals surface area contributed by atoms with Crippen molar-refractivity contribution in [3.63, 3.8) is 0 Å². The second-order valence-corrected chi connectivity index (χ2v) is 7.64. The first kappa shape index (κ1) is 17.0. The van der Waals surface area contributed by atoms with E-state index in [1.807, 2.05) is 24.8 Å². The van der Waals surface area contributed by atoms with Crippen LogP contribution in [0.15, 0.2) is 30.3 Å². The largest absolute Gasteiger partial charge is 0.353 e. The molecule has 3 rings (SSSR count). The summed E-state index contributed by atoms with van der Waals surface area (Å²) < 4.78 is 0. The smallest absolute Gasteiger partial charge is 0.238 e. The van der Waals surface area contributed by atoms with Gasteiger partial charge in [-0.15, -0.1) is 0 Å². The first-order valence-electron chi connectivity index (χ1n) is 9.15. The topological polar surface area (TPSA) is 49.4 Å². The monoisotopic (exact) mass is 328 g/mol. The van der Waals surface area contributed by atoms with Crippen LogP contribution in [0, 0.1) is 11.3 Å². The van der Waals surface area contributed by atoms with Crippen molar-refractivity contribution in [2.45, 2.75) is 52.0 Å². The molecule has 0 atom stereocenters. The zero-order valence-corrected chi connectivity index (χ0v) is 14.8. The summed E-state index contributed by atoms with van der Waals surface area (Å²) >= 11 is 0. The van der Waals surface area contributed by atoms with Crippen molar-refractivity contribution < 1.29 is 9.59 Å². The molecule has 0 bridgehead atoms. The van der Waals surface area contributed by atoms with Crippen molar-refractivity contribution in [3.05, 3.63) is 35.9 Å². The van der Waals surface area contributed by atoms with E-state index in [0.717, 1.165) is 32.4 Å². The molecule has 24 heavy (non-hydrogen) atoms. The molecule has 0 spiro atoms. The van der Waals surface area contributed by atoms with E-state index in [1.54, 1.807) is 0 Å². The Morgan fingerprint density at radius 1 is 1.17 bits per heavy atom.